The number of carbonyl (C=O) groups excluding carboxylic acids is 1. The van der Waals surface area contributed by atoms with Crippen molar-refractivity contribution in [2.24, 2.45) is 0 Å². The van der Waals surface area contributed by atoms with E-state index < -0.39 is 6.10 Å². The van der Waals surface area contributed by atoms with Gasteiger partial charge in [-0.1, -0.05) is 0 Å². The van der Waals surface area contributed by atoms with Crippen LogP contribution in [0.2, 0.25) is 0 Å². The molecule has 1 amide bonds. The van der Waals surface area contributed by atoms with Gasteiger partial charge in [-0.25, -0.2) is 0 Å². The monoisotopic (exact) mass is 292 g/mol. The zero-order chi connectivity index (χ0) is 14.1. The van der Waals surface area contributed by atoms with Crippen LogP contribution in [0, 0.1) is 0 Å². The number of likely N-dealkylation sites (tertiary alicyclic amines) is 1. The predicted molar refractivity (Wildman–Crippen MR) is 75.0 cm³/mol. The Balaban J connectivity index is 1.89. The summed E-state index contributed by atoms with van der Waals surface area (Å²) in [7, 11) is 0. The van der Waals surface area contributed by atoms with E-state index in [9.17, 15) is 9.90 Å². The van der Waals surface area contributed by atoms with Crippen LogP contribution in [0.15, 0.2) is 23.8 Å². The van der Waals surface area contributed by atoms with Gasteiger partial charge in [0.15, 0.2) is 5.00 Å². The normalized spacial score (nSPS) is 23.0. The number of aliphatic hydroxyl groups excluding tert-OH is 1. The highest BCUT2D eigenvalue weighted by molar-refractivity contribution is 7.12. The van der Waals surface area contributed by atoms with Crippen molar-refractivity contribution in [1.29, 1.82) is 0 Å². The summed E-state index contributed by atoms with van der Waals surface area (Å²) in [6.45, 7) is 2.41. The van der Waals surface area contributed by atoms with Crippen molar-refractivity contribution in [2.75, 3.05) is 6.54 Å². The van der Waals surface area contributed by atoms with E-state index in [-0.39, 0.29) is 11.9 Å². The third kappa shape index (κ3) is 2.34. The summed E-state index contributed by atoms with van der Waals surface area (Å²) in [5.74, 6) is -0.0650. The fourth-order valence-electron chi connectivity index (χ4n) is 2.47. The molecule has 1 saturated heterocycles. The first-order valence-electron chi connectivity index (χ1n) is 6.60. The molecule has 106 valence electrons. The molecule has 3 rings (SSSR count). The summed E-state index contributed by atoms with van der Waals surface area (Å²) in [4.78, 5) is 15.9. The Morgan fingerprint density at radius 2 is 2.15 bits per heavy atom. The molecule has 6 nitrogen and oxygen atoms in total. The van der Waals surface area contributed by atoms with Crippen molar-refractivity contribution in [3.63, 3.8) is 0 Å². The highest BCUT2D eigenvalue weighted by Crippen LogP contribution is 2.25. The van der Waals surface area contributed by atoms with E-state index in [1.165, 1.54) is 16.1 Å². The summed E-state index contributed by atoms with van der Waals surface area (Å²) in [6.07, 6.45) is 4.32. The van der Waals surface area contributed by atoms with Crippen LogP contribution in [0.4, 0.5) is 0 Å². The standard InChI is InChI=1S/C13H16N4O2S/c1-9-2-3-10(18)8-16(9)12(19)11-4-7-20-13(11)17-14-5-6-15-17/h4-7,9-10,18H,2-3,8H2,1H3. The lowest BCUT2D eigenvalue weighted by molar-refractivity contribution is 0.0310. The highest BCUT2D eigenvalue weighted by atomic mass is 32.1. The SMILES string of the molecule is CC1CCC(O)CN1C(=O)c1ccsc1-n1nccn1. The summed E-state index contributed by atoms with van der Waals surface area (Å²) in [5.41, 5.74) is 0.590. The molecule has 2 aromatic rings. The largest absolute Gasteiger partial charge is 0.391 e. The lowest BCUT2D eigenvalue weighted by Crippen LogP contribution is -2.47. The molecule has 0 aliphatic carbocycles. The van der Waals surface area contributed by atoms with Crippen LogP contribution >= 0.6 is 11.3 Å². The maximum atomic E-state index is 12.7. The highest BCUT2D eigenvalue weighted by Gasteiger charge is 2.30. The summed E-state index contributed by atoms with van der Waals surface area (Å²) >= 11 is 1.43. The molecule has 3 heterocycles. The number of aromatic nitrogens is 3. The molecule has 20 heavy (non-hydrogen) atoms. The number of hydrogen-bond donors (Lipinski definition) is 1. The number of piperidine rings is 1. The molecule has 2 aromatic heterocycles. The van der Waals surface area contributed by atoms with Crippen molar-refractivity contribution in [1.82, 2.24) is 19.9 Å². The zero-order valence-electron chi connectivity index (χ0n) is 11.1. The van der Waals surface area contributed by atoms with Gasteiger partial charge in [0.05, 0.1) is 24.1 Å². The molecule has 0 radical (unpaired) electrons. The van der Waals surface area contributed by atoms with Crippen LogP contribution in [0.5, 0.6) is 0 Å². The number of hydrogen-bond acceptors (Lipinski definition) is 5. The Labute approximate surface area is 120 Å². The minimum absolute atomic E-state index is 0.0650. The lowest BCUT2D eigenvalue weighted by Gasteiger charge is -2.36. The zero-order valence-corrected chi connectivity index (χ0v) is 12.0. The number of rotatable bonds is 2. The molecule has 7 heteroatoms. The van der Waals surface area contributed by atoms with E-state index in [4.69, 9.17) is 0 Å². The van der Waals surface area contributed by atoms with Gasteiger partial charge in [-0.2, -0.15) is 10.2 Å². The molecule has 1 aliphatic heterocycles. The molecule has 0 aromatic carbocycles. The van der Waals surface area contributed by atoms with Gasteiger partial charge in [0.1, 0.15) is 0 Å². The Morgan fingerprint density at radius 3 is 2.90 bits per heavy atom. The van der Waals surface area contributed by atoms with Gasteiger partial charge < -0.3 is 10.0 Å². The first kappa shape index (κ1) is 13.3. The molecule has 0 spiro atoms. The van der Waals surface area contributed by atoms with Crippen molar-refractivity contribution >= 4 is 17.2 Å². The quantitative estimate of drug-likeness (QED) is 0.906. The van der Waals surface area contributed by atoms with Gasteiger partial charge in [0.2, 0.25) is 0 Å². The van der Waals surface area contributed by atoms with Gasteiger partial charge in [-0.05, 0) is 31.2 Å². The van der Waals surface area contributed by atoms with Crippen LogP contribution in [0.25, 0.3) is 5.00 Å². The van der Waals surface area contributed by atoms with Crippen LogP contribution in [0.3, 0.4) is 0 Å². The number of aliphatic hydroxyl groups is 1. The lowest BCUT2D eigenvalue weighted by atomic mass is 10.0. The second kappa shape index (κ2) is 5.34. The number of β-amino-alcohol motifs (C(OH)–C–C–N with tert-alkyl or cyclic N) is 1. The topological polar surface area (TPSA) is 71.2 Å². The van der Waals surface area contributed by atoms with Crippen LogP contribution < -0.4 is 0 Å². The van der Waals surface area contributed by atoms with E-state index in [1.807, 2.05) is 12.3 Å². The van der Waals surface area contributed by atoms with Gasteiger partial charge in [0.25, 0.3) is 5.91 Å². The summed E-state index contributed by atoms with van der Waals surface area (Å²) in [6, 6.07) is 1.93. The smallest absolute Gasteiger partial charge is 0.257 e. The molecule has 1 N–H and O–H groups in total. The van der Waals surface area contributed by atoms with Gasteiger partial charge in [-0.3, -0.25) is 4.79 Å². The van der Waals surface area contributed by atoms with Crippen LogP contribution in [-0.2, 0) is 0 Å². The van der Waals surface area contributed by atoms with Crippen LogP contribution in [-0.4, -0.2) is 49.6 Å². The number of amides is 1. The molecule has 2 unspecified atom stereocenters. The minimum Gasteiger partial charge on any atom is -0.391 e. The number of nitrogens with zero attached hydrogens (tertiary/aromatic N) is 4. The van der Waals surface area contributed by atoms with E-state index in [0.29, 0.717) is 17.1 Å². The van der Waals surface area contributed by atoms with E-state index >= 15 is 0 Å². The molecular weight excluding hydrogens is 276 g/mol. The second-order valence-electron chi connectivity index (χ2n) is 5.00. The average Bonchev–Trinajstić information content (AvgIpc) is 3.10. The minimum atomic E-state index is -0.430. The van der Waals surface area contributed by atoms with Gasteiger partial charge in [-0.15, -0.1) is 16.1 Å². The third-order valence-electron chi connectivity index (χ3n) is 3.59. The van der Waals surface area contributed by atoms with Crippen molar-refractivity contribution < 1.29 is 9.90 Å². The molecule has 1 fully saturated rings. The Morgan fingerprint density at radius 1 is 1.40 bits per heavy atom. The third-order valence-corrected chi connectivity index (χ3v) is 4.47. The first-order valence-corrected chi connectivity index (χ1v) is 7.48. The van der Waals surface area contributed by atoms with Gasteiger partial charge >= 0.3 is 0 Å². The average molecular weight is 292 g/mol. The molecular formula is C13H16N4O2S. The molecule has 0 bridgehead atoms. The fraction of sp³-hybridized carbons (Fsp3) is 0.462. The first-order chi connectivity index (χ1) is 9.66. The maximum absolute atomic E-state index is 12.7. The summed E-state index contributed by atoms with van der Waals surface area (Å²) in [5, 5.41) is 20.5. The van der Waals surface area contributed by atoms with Crippen LogP contribution in [0.1, 0.15) is 30.1 Å². The van der Waals surface area contributed by atoms with Crippen molar-refractivity contribution in [3.05, 3.63) is 29.4 Å². The Bertz CT molecular complexity index is 595. The number of thiophene rings is 1. The second-order valence-corrected chi connectivity index (χ2v) is 5.89. The van der Waals surface area contributed by atoms with Crippen molar-refractivity contribution in [3.8, 4) is 5.00 Å². The molecule has 0 saturated carbocycles. The maximum Gasteiger partial charge on any atom is 0.257 e. The molecule has 2 atom stereocenters. The van der Waals surface area contributed by atoms with E-state index in [0.717, 1.165) is 12.8 Å². The van der Waals surface area contributed by atoms with Crippen molar-refractivity contribution in [2.45, 2.75) is 31.9 Å². The number of carbonyl (C=O) groups is 1. The summed E-state index contributed by atoms with van der Waals surface area (Å²) < 4.78 is 0. The Hall–Kier alpha value is -1.73. The molecule has 1 aliphatic rings. The fourth-order valence-corrected chi connectivity index (χ4v) is 3.27. The predicted octanol–water partition coefficient (Wildman–Crippen LogP) is 1.31. The van der Waals surface area contributed by atoms with E-state index in [2.05, 4.69) is 10.2 Å². The Kier molecular flexibility index (Phi) is 3.54. The van der Waals surface area contributed by atoms with Gasteiger partial charge in [0, 0.05) is 12.6 Å². The van der Waals surface area contributed by atoms with E-state index in [1.54, 1.807) is 23.4 Å².